The van der Waals surface area contributed by atoms with E-state index in [9.17, 15) is 4.39 Å². The molecule has 1 aromatic rings. The summed E-state index contributed by atoms with van der Waals surface area (Å²) in [4.78, 5) is 9.37. The quantitative estimate of drug-likeness (QED) is 0.500. The molecule has 3 rings (SSSR count). The highest BCUT2D eigenvalue weighted by Crippen LogP contribution is 2.17. The fraction of sp³-hybridized carbons (Fsp3) is 0.696. The minimum atomic E-state index is -0.169. The fourth-order valence-corrected chi connectivity index (χ4v) is 4.35. The molecule has 0 atom stereocenters. The topological polar surface area (TPSA) is 52.1 Å². The van der Waals surface area contributed by atoms with Crippen molar-refractivity contribution in [3.63, 3.8) is 0 Å². The number of likely N-dealkylation sites (tertiary alicyclic amines) is 2. The predicted molar refractivity (Wildman–Crippen MR) is 120 cm³/mol. The van der Waals surface area contributed by atoms with E-state index in [1.54, 1.807) is 19.2 Å². The third kappa shape index (κ3) is 7.52. The zero-order valence-corrected chi connectivity index (χ0v) is 18.6. The number of halogens is 1. The smallest absolute Gasteiger partial charge is 0.191 e. The third-order valence-corrected chi connectivity index (χ3v) is 6.35. The van der Waals surface area contributed by atoms with Crippen molar-refractivity contribution in [1.29, 1.82) is 0 Å². The number of hydrogen-bond donors (Lipinski definition) is 2. The fourth-order valence-electron chi connectivity index (χ4n) is 4.35. The number of benzene rings is 1. The molecule has 6 nitrogen and oxygen atoms in total. The van der Waals surface area contributed by atoms with E-state index >= 15 is 0 Å². The summed E-state index contributed by atoms with van der Waals surface area (Å²) in [7, 11) is 3.62. The molecular formula is C23H38FN5O. The van der Waals surface area contributed by atoms with Gasteiger partial charge >= 0.3 is 0 Å². The molecule has 2 aliphatic heterocycles. The van der Waals surface area contributed by atoms with Gasteiger partial charge in [-0.3, -0.25) is 9.89 Å². The summed E-state index contributed by atoms with van der Waals surface area (Å²) in [6, 6.07) is 7.31. The number of nitrogens with one attached hydrogen (secondary N) is 2. The molecule has 7 heteroatoms. The van der Waals surface area contributed by atoms with Crippen molar-refractivity contribution in [3.05, 3.63) is 35.6 Å². The molecule has 0 unspecified atom stereocenters. The Kier molecular flexibility index (Phi) is 9.36. The van der Waals surface area contributed by atoms with Crippen molar-refractivity contribution >= 4 is 5.96 Å². The lowest BCUT2D eigenvalue weighted by atomic mass is 9.97. The minimum absolute atomic E-state index is 0.169. The molecule has 0 radical (unpaired) electrons. The highest BCUT2D eigenvalue weighted by atomic mass is 19.1. The molecule has 2 fully saturated rings. The molecule has 0 amide bonds. The first-order valence-electron chi connectivity index (χ1n) is 11.3. The lowest BCUT2D eigenvalue weighted by Crippen LogP contribution is -2.49. The maximum atomic E-state index is 13.1. The van der Waals surface area contributed by atoms with E-state index in [1.165, 1.54) is 18.4 Å². The maximum absolute atomic E-state index is 13.1. The number of piperidine rings is 2. The highest BCUT2D eigenvalue weighted by molar-refractivity contribution is 5.79. The van der Waals surface area contributed by atoms with Crippen molar-refractivity contribution in [2.45, 2.75) is 38.3 Å². The first-order valence-corrected chi connectivity index (χ1v) is 11.3. The molecule has 2 saturated heterocycles. The summed E-state index contributed by atoms with van der Waals surface area (Å²) in [6.07, 6.45) is 4.66. The van der Waals surface area contributed by atoms with Crippen LogP contribution in [0, 0.1) is 11.7 Å². The predicted octanol–water partition coefficient (Wildman–Crippen LogP) is 2.31. The van der Waals surface area contributed by atoms with E-state index in [-0.39, 0.29) is 5.82 Å². The van der Waals surface area contributed by atoms with Gasteiger partial charge < -0.3 is 20.3 Å². The van der Waals surface area contributed by atoms with E-state index < -0.39 is 0 Å². The molecule has 2 N–H and O–H groups in total. The van der Waals surface area contributed by atoms with Crippen LogP contribution in [0.2, 0.25) is 0 Å². The number of guanidine groups is 1. The number of nitrogens with zero attached hydrogens (tertiary/aromatic N) is 3. The molecule has 0 spiro atoms. The van der Waals surface area contributed by atoms with Crippen molar-refractivity contribution in [3.8, 4) is 0 Å². The number of rotatable bonds is 8. The maximum Gasteiger partial charge on any atom is 0.191 e. The van der Waals surface area contributed by atoms with Crippen molar-refractivity contribution in [1.82, 2.24) is 20.4 Å². The average molecular weight is 420 g/mol. The Hall–Kier alpha value is -1.70. The molecule has 0 aliphatic carbocycles. The van der Waals surface area contributed by atoms with Crippen LogP contribution in [0.15, 0.2) is 29.3 Å². The molecule has 168 valence electrons. The Morgan fingerprint density at radius 3 is 2.37 bits per heavy atom. The van der Waals surface area contributed by atoms with Crippen LogP contribution in [-0.4, -0.2) is 81.8 Å². The molecule has 0 saturated carbocycles. The number of methoxy groups -OCH3 is 1. The number of aliphatic imine (C=N–C) groups is 1. The van der Waals surface area contributed by atoms with Gasteiger partial charge in [0.2, 0.25) is 0 Å². The van der Waals surface area contributed by atoms with Crippen LogP contribution >= 0.6 is 0 Å². The molecular weight excluding hydrogens is 381 g/mol. The van der Waals surface area contributed by atoms with Crippen LogP contribution in [-0.2, 0) is 11.3 Å². The third-order valence-electron chi connectivity index (χ3n) is 6.35. The van der Waals surface area contributed by atoms with Crippen molar-refractivity contribution in [2.24, 2.45) is 10.9 Å². The van der Waals surface area contributed by atoms with Gasteiger partial charge in [0.25, 0.3) is 0 Å². The van der Waals surface area contributed by atoms with Crippen LogP contribution in [0.3, 0.4) is 0 Å². The SMILES string of the molecule is CN=C(NCC1CCN(CCOC)CC1)NC1CCN(Cc2ccc(F)cc2)CC1. The van der Waals surface area contributed by atoms with E-state index in [2.05, 4.69) is 25.4 Å². The normalized spacial score (nSPS) is 20.4. The molecule has 0 aromatic heterocycles. The molecule has 30 heavy (non-hydrogen) atoms. The van der Waals surface area contributed by atoms with Crippen LogP contribution in [0.1, 0.15) is 31.2 Å². The zero-order valence-electron chi connectivity index (χ0n) is 18.6. The van der Waals surface area contributed by atoms with Crippen molar-refractivity contribution in [2.75, 3.05) is 60.0 Å². The van der Waals surface area contributed by atoms with Gasteiger partial charge in [-0.1, -0.05) is 12.1 Å². The van der Waals surface area contributed by atoms with Gasteiger partial charge in [0.05, 0.1) is 6.61 Å². The van der Waals surface area contributed by atoms with Gasteiger partial charge in [-0.05, 0) is 62.4 Å². The Balaban J connectivity index is 1.32. The summed E-state index contributed by atoms with van der Waals surface area (Å²) in [5.41, 5.74) is 1.17. The van der Waals surface area contributed by atoms with Crippen LogP contribution in [0.5, 0.6) is 0 Å². The Bertz CT molecular complexity index is 637. The summed E-state index contributed by atoms with van der Waals surface area (Å²) >= 11 is 0. The van der Waals surface area contributed by atoms with E-state index in [1.807, 2.05) is 19.2 Å². The molecule has 2 aliphatic rings. The van der Waals surface area contributed by atoms with E-state index in [0.29, 0.717) is 12.0 Å². The first kappa shape index (κ1) is 23.0. The Morgan fingerprint density at radius 1 is 1.07 bits per heavy atom. The first-order chi connectivity index (χ1) is 14.7. The second kappa shape index (κ2) is 12.2. The second-order valence-electron chi connectivity index (χ2n) is 8.55. The zero-order chi connectivity index (χ0) is 21.2. The summed E-state index contributed by atoms with van der Waals surface area (Å²) < 4.78 is 18.3. The van der Waals surface area contributed by atoms with Crippen LogP contribution in [0.4, 0.5) is 4.39 Å². The van der Waals surface area contributed by atoms with Gasteiger partial charge in [0, 0.05) is 52.9 Å². The largest absolute Gasteiger partial charge is 0.383 e. The van der Waals surface area contributed by atoms with Gasteiger partial charge in [-0.2, -0.15) is 0 Å². The van der Waals surface area contributed by atoms with Crippen LogP contribution < -0.4 is 10.6 Å². The highest BCUT2D eigenvalue weighted by Gasteiger charge is 2.22. The Morgan fingerprint density at radius 2 is 1.73 bits per heavy atom. The van der Waals surface area contributed by atoms with Gasteiger partial charge in [-0.25, -0.2) is 4.39 Å². The van der Waals surface area contributed by atoms with E-state index in [4.69, 9.17) is 4.74 Å². The number of ether oxygens (including phenoxy) is 1. The lowest BCUT2D eigenvalue weighted by molar-refractivity contribution is 0.120. The molecule has 2 heterocycles. The average Bonchev–Trinajstić information content (AvgIpc) is 2.78. The Labute approximate surface area is 180 Å². The van der Waals surface area contributed by atoms with E-state index in [0.717, 1.165) is 71.2 Å². The van der Waals surface area contributed by atoms with Crippen LogP contribution in [0.25, 0.3) is 0 Å². The second-order valence-corrected chi connectivity index (χ2v) is 8.55. The van der Waals surface area contributed by atoms with Gasteiger partial charge in [0.15, 0.2) is 5.96 Å². The monoisotopic (exact) mass is 419 g/mol. The summed E-state index contributed by atoms with van der Waals surface area (Å²) in [5, 5.41) is 7.16. The molecule has 1 aromatic carbocycles. The number of hydrogen-bond acceptors (Lipinski definition) is 4. The van der Waals surface area contributed by atoms with Gasteiger partial charge in [-0.15, -0.1) is 0 Å². The summed E-state index contributed by atoms with van der Waals surface area (Å²) in [6.45, 7) is 8.16. The van der Waals surface area contributed by atoms with Crippen molar-refractivity contribution < 1.29 is 9.13 Å². The molecule has 0 bridgehead atoms. The summed E-state index contributed by atoms with van der Waals surface area (Å²) in [5.74, 6) is 1.46. The lowest BCUT2D eigenvalue weighted by Gasteiger charge is -2.34. The minimum Gasteiger partial charge on any atom is -0.383 e. The van der Waals surface area contributed by atoms with Gasteiger partial charge in [0.1, 0.15) is 5.82 Å². The standard InChI is InChI=1S/C23H38FN5O/c1-25-23(26-17-19-7-11-28(12-8-19)15-16-30-2)27-22-9-13-29(14-10-22)18-20-3-5-21(24)6-4-20/h3-6,19,22H,7-18H2,1-2H3,(H2,25,26,27).